The molecule has 65 heavy (non-hydrogen) atoms. The second-order valence-electron chi connectivity index (χ2n) is 15.8. The third kappa shape index (κ3) is 30.4. The van der Waals surface area contributed by atoms with Crippen LogP contribution < -0.4 is 0 Å². The fraction of sp³-hybridized carbons (Fsp3) is 0.689. The predicted molar refractivity (Wildman–Crippen MR) is 244 cm³/mol. The van der Waals surface area contributed by atoms with Crippen molar-refractivity contribution in [1.82, 2.24) is 0 Å². The number of aliphatic hydroxyl groups excluding tert-OH is 6. The maximum Gasteiger partial charge on any atom is 0.472 e. The van der Waals surface area contributed by atoms with Gasteiger partial charge in [0, 0.05) is 12.8 Å². The Morgan fingerprint density at radius 1 is 0.585 bits per heavy atom. The third-order valence-electron chi connectivity index (χ3n) is 9.92. The van der Waals surface area contributed by atoms with Gasteiger partial charge in [-0.3, -0.25) is 23.2 Å². The van der Waals surface area contributed by atoms with Crippen LogP contribution in [-0.2, 0) is 41.8 Å². The van der Waals surface area contributed by atoms with E-state index in [0.29, 0.717) is 12.8 Å². The van der Waals surface area contributed by atoms with Crippen LogP contribution in [0.1, 0.15) is 129 Å². The zero-order valence-electron chi connectivity index (χ0n) is 37.9. The average Bonchev–Trinajstić information content (AvgIpc) is 3.25. The Kier molecular flexibility index (Phi) is 33.0. The Labute approximate surface area is 384 Å². The topological polar surface area (TPSA) is 296 Å². The van der Waals surface area contributed by atoms with Gasteiger partial charge in [-0.05, 0) is 64.2 Å². The van der Waals surface area contributed by atoms with Crippen molar-refractivity contribution in [1.29, 1.82) is 0 Å². The standard InChI is InChI=1S/C45H76O18P2/c1-3-5-7-9-11-12-13-14-15-16-17-19-25-31-39(49)61-37(34-60-65(57,58)63-45-42(52)40(50)41(51)44(43(45)53)62-64(54,55)56)33-59-38(48)32-26-30-36(47)29-24-21-20-23-28-35(46)27-22-18-10-8-6-4-2/h7,9,12-13,18,20-24,28-29,35-37,40-47,50-53H,3-6,8,10-11,14-17,19,25-27,30-34H2,1-2H3,(H,57,58)(H2,54,55,56)/b9-7-,13-12-,21-20+,22-18-,28-23+,29-24-/t35-,36-,37-,40?,41?,42?,43?,44-,45+/m1/s1. The van der Waals surface area contributed by atoms with Crippen LogP contribution in [0, 0.1) is 0 Å². The molecule has 9 N–H and O–H groups in total. The van der Waals surface area contributed by atoms with Gasteiger partial charge in [-0.15, -0.1) is 0 Å². The van der Waals surface area contributed by atoms with Gasteiger partial charge in [-0.1, -0.05) is 125 Å². The number of carbonyl (C=O) groups is 2. The third-order valence-corrected chi connectivity index (χ3v) is 11.4. The maximum absolute atomic E-state index is 13.0. The molecule has 0 aromatic rings. The van der Waals surface area contributed by atoms with Crippen molar-refractivity contribution in [3.63, 3.8) is 0 Å². The highest BCUT2D eigenvalue weighted by molar-refractivity contribution is 7.47. The number of hydrogen-bond donors (Lipinski definition) is 9. The minimum atomic E-state index is -5.39. The predicted octanol–water partition coefficient (Wildman–Crippen LogP) is 6.00. The first-order chi connectivity index (χ1) is 30.9. The maximum atomic E-state index is 13.0. The van der Waals surface area contributed by atoms with E-state index in [9.17, 15) is 54.3 Å². The molecule has 1 rings (SSSR count). The van der Waals surface area contributed by atoms with E-state index in [-0.39, 0.29) is 25.7 Å². The number of hydrogen-bond acceptors (Lipinski definition) is 15. The van der Waals surface area contributed by atoms with Crippen molar-refractivity contribution >= 4 is 27.6 Å². The van der Waals surface area contributed by atoms with Gasteiger partial charge in [0.2, 0.25) is 0 Å². The summed E-state index contributed by atoms with van der Waals surface area (Å²) < 4.78 is 49.1. The highest BCUT2D eigenvalue weighted by atomic mass is 31.2. The van der Waals surface area contributed by atoms with E-state index in [1.54, 1.807) is 30.4 Å². The fourth-order valence-electron chi connectivity index (χ4n) is 6.31. The number of phosphoric acid groups is 2. The summed E-state index contributed by atoms with van der Waals surface area (Å²) in [5.74, 6) is -1.47. The number of esters is 2. The number of allylic oxidation sites excluding steroid dienone is 9. The normalized spacial score (nSPS) is 23.3. The van der Waals surface area contributed by atoms with Crippen molar-refractivity contribution in [2.24, 2.45) is 0 Å². The highest BCUT2D eigenvalue weighted by Gasteiger charge is 2.54. The Hall–Kier alpha value is -2.64. The molecule has 0 spiro atoms. The Morgan fingerprint density at radius 3 is 1.80 bits per heavy atom. The molecule has 0 bridgehead atoms. The zero-order valence-corrected chi connectivity index (χ0v) is 39.6. The van der Waals surface area contributed by atoms with Gasteiger partial charge >= 0.3 is 27.6 Å². The molecule has 1 saturated carbocycles. The molecule has 20 heteroatoms. The SMILES string of the molecule is CCC/C=C\C/C=C\CCCCCCCC(=O)O[C@H](COC(=O)CCC[C@H](O)\C=C/C=C/C=C/[C@H](O)C/C=C\CCCCC)COP(=O)(O)O[C@H]1C(O)C(O)C(O)[C@@H](OP(=O)(O)O)C1O. The first kappa shape index (κ1) is 60.4. The summed E-state index contributed by atoms with van der Waals surface area (Å²) >= 11 is 0. The molecule has 1 aliphatic rings. The molecular formula is C45H76O18P2. The second kappa shape index (κ2) is 35.5. The lowest BCUT2D eigenvalue weighted by molar-refractivity contribution is -0.216. The zero-order chi connectivity index (χ0) is 48.5. The van der Waals surface area contributed by atoms with Crippen LogP contribution in [0.3, 0.4) is 0 Å². The molecule has 1 fully saturated rings. The van der Waals surface area contributed by atoms with Crippen molar-refractivity contribution in [3.8, 4) is 0 Å². The van der Waals surface area contributed by atoms with Crippen molar-refractivity contribution in [3.05, 3.63) is 72.9 Å². The van der Waals surface area contributed by atoms with Gasteiger partial charge in [0.25, 0.3) is 0 Å². The first-order valence-corrected chi connectivity index (χ1v) is 25.7. The van der Waals surface area contributed by atoms with E-state index in [1.165, 1.54) is 12.5 Å². The Bertz CT molecular complexity index is 1580. The van der Waals surface area contributed by atoms with Crippen LogP contribution in [0.5, 0.6) is 0 Å². The van der Waals surface area contributed by atoms with Gasteiger partial charge in [0.1, 0.15) is 43.2 Å². The number of aliphatic hydroxyl groups is 6. The van der Waals surface area contributed by atoms with E-state index in [0.717, 1.165) is 70.6 Å². The highest BCUT2D eigenvalue weighted by Crippen LogP contribution is 2.49. The summed E-state index contributed by atoms with van der Waals surface area (Å²) in [5.41, 5.74) is 0. The lowest BCUT2D eigenvalue weighted by Crippen LogP contribution is -2.64. The second-order valence-corrected chi connectivity index (χ2v) is 18.4. The molecule has 0 heterocycles. The summed E-state index contributed by atoms with van der Waals surface area (Å²) in [5, 5.41) is 61.5. The van der Waals surface area contributed by atoms with Crippen LogP contribution >= 0.6 is 15.6 Å². The van der Waals surface area contributed by atoms with Crippen LogP contribution in [0.4, 0.5) is 0 Å². The molecule has 0 aromatic heterocycles. The summed E-state index contributed by atoms with van der Waals surface area (Å²) in [6.45, 7) is 2.73. The molecule has 10 atom stereocenters. The molecule has 0 aliphatic heterocycles. The number of phosphoric ester groups is 2. The molecule has 5 unspecified atom stereocenters. The van der Waals surface area contributed by atoms with Gasteiger partial charge in [0.05, 0.1) is 18.8 Å². The number of ether oxygens (including phenoxy) is 2. The van der Waals surface area contributed by atoms with E-state index in [1.807, 2.05) is 6.08 Å². The fourth-order valence-corrected chi connectivity index (χ4v) is 7.85. The van der Waals surface area contributed by atoms with Gasteiger partial charge in [-0.2, -0.15) is 0 Å². The van der Waals surface area contributed by atoms with Crippen molar-refractivity contribution in [2.45, 2.75) is 184 Å². The van der Waals surface area contributed by atoms with Crippen LogP contribution in [-0.4, -0.2) is 125 Å². The number of unbranched alkanes of at least 4 members (excludes halogenated alkanes) is 9. The number of carbonyl (C=O) groups excluding carboxylic acids is 2. The quantitative estimate of drug-likeness (QED) is 0.0114. The minimum Gasteiger partial charge on any atom is -0.462 e. The van der Waals surface area contributed by atoms with E-state index in [2.05, 4.69) is 48.8 Å². The van der Waals surface area contributed by atoms with E-state index in [4.69, 9.17) is 28.3 Å². The molecule has 374 valence electrons. The molecule has 0 saturated heterocycles. The Balaban J connectivity index is 2.74. The molecule has 1 aliphatic carbocycles. The minimum absolute atomic E-state index is 0.0287. The summed E-state index contributed by atoms with van der Waals surface area (Å²) in [6, 6.07) is 0. The number of rotatable bonds is 36. The summed E-state index contributed by atoms with van der Waals surface area (Å²) in [6.07, 6.45) is 19.2. The Morgan fingerprint density at radius 2 is 1.15 bits per heavy atom. The molecule has 0 aromatic carbocycles. The van der Waals surface area contributed by atoms with Gasteiger partial charge < -0.3 is 54.8 Å². The molecule has 18 nitrogen and oxygen atoms in total. The lowest BCUT2D eigenvalue weighted by atomic mass is 9.85. The van der Waals surface area contributed by atoms with E-state index >= 15 is 0 Å². The largest absolute Gasteiger partial charge is 0.472 e. The van der Waals surface area contributed by atoms with Crippen LogP contribution in [0.25, 0.3) is 0 Å². The van der Waals surface area contributed by atoms with Crippen LogP contribution in [0.2, 0.25) is 0 Å². The summed E-state index contributed by atoms with van der Waals surface area (Å²) in [7, 11) is -10.8. The first-order valence-electron chi connectivity index (χ1n) is 22.7. The average molecular weight is 967 g/mol. The van der Waals surface area contributed by atoms with Gasteiger partial charge in [0.15, 0.2) is 6.10 Å². The molecular weight excluding hydrogens is 890 g/mol. The van der Waals surface area contributed by atoms with Crippen molar-refractivity contribution < 1.29 is 87.1 Å². The summed E-state index contributed by atoms with van der Waals surface area (Å²) in [4.78, 5) is 54.2. The van der Waals surface area contributed by atoms with Crippen molar-refractivity contribution in [2.75, 3.05) is 13.2 Å². The molecule has 0 amide bonds. The smallest absolute Gasteiger partial charge is 0.462 e. The molecule has 0 radical (unpaired) electrons. The van der Waals surface area contributed by atoms with E-state index < -0.39 is 95.7 Å². The monoisotopic (exact) mass is 966 g/mol. The lowest BCUT2D eigenvalue weighted by Gasteiger charge is -2.43. The van der Waals surface area contributed by atoms with Gasteiger partial charge in [-0.25, -0.2) is 9.13 Å². The van der Waals surface area contributed by atoms with Crippen LogP contribution in [0.15, 0.2) is 72.9 Å².